The van der Waals surface area contributed by atoms with Crippen molar-refractivity contribution in [3.8, 4) is 29.5 Å². The first-order chi connectivity index (χ1) is 15.9. The van der Waals surface area contributed by atoms with E-state index < -0.39 is 0 Å². The lowest BCUT2D eigenvalue weighted by Crippen LogP contribution is -2.70. The fourth-order valence-corrected chi connectivity index (χ4v) is 4.97. The van der Waals surface area contributed by atoms with E-state index in [2.05, 4.69) is 31.6 Å². The first-order valence-corrected chi connectivity index (χ1v) is 10.9. The number of nitrogens with one attached hydrogen (secondary N) is 2. The number of aromatic nitrogens is 4. The molecule has 3 fully saturated rings. The van der Waals surface area contributed by atoms with E-state index >= 15 is 0 Å². The Kier molecular flexibility index (Phi) is 4.88. The summed E-state index contributed by atoms with van der Waals surface area (Å²) >= 11 is 6.54. The second kappa shape index (κ2) is 7.65. The molecule has 2 heterocycles. The van der Waals surface area contributed by atoms with Gasteiger partial charge in [0.15, 0.2) is 17.1 Å². The highest BCUT2D eigenvalue weighted by molar-refractivity contribution is 6.32. The van der Waals surface area contributed by atoms with Crippen LogP contribution in [0.2, 0.25) is 5.02 Å². The molecule has 6 rings (SSSR count). The standard InChI is InChI=1S/C23H20ClN7O2/c1-3-32-16-8-14(5-4-6-25)7-15(24)18(16)33-20-17-13(2)30-31-19(17)27-21(28-20)29-23-9-22(10-23,11-23)12-26/h4-5,7-8H,3,9-11H2,1-2H3,(H2,27,28,29,30,31)/b5-4+. The predicted molar refractivity (Wildman–Crippen MR) is 122 cm³/mol. The molecule has 2 bridgehead atoms. The maximum Gasteiger partial charge on any atom is 0.235 e. The molecular weight excluding hydrogens is 442 g/mol. The van der Waals surface area contributed by atoms with Gasteiger partial charge in [0.1, 0.15) is 5.39 Å². The van der Waals surface area contributed by atoms with Crippen LogP contribution in [0.3, 0.4) is 0 Å². The van der Waals surface area contributed by atoms with Gasteiger partial charge in [-0.2, -0.15) is 25.6 Å². The fourth-order valence-electron chi connectivity index (χ4n) is 4.71. The Morgan fingerprint density at radius 2 is 2.06 bits per heavy atom. The van der Waals surface area contributed by atoms with E-state index in [-0.39, 0.29) is 11.0 Å². The second-order valence-electron chi connectivity index (χ2n) is 8.55. The van der Waals surface area contributed by atoms with Gasteiger partial charge < -0.3 is 14.8 Å². The molecule has 0 unspecified atom stereocenters. The van der Waals surface area contributed by atoms with Gasteiger partial charge in [-0.3, -0.25) is 5.10 Å². The SMILES string of the molecule is CCOc1cc(/C=C/C#N)cc(Cl)c1Oc1nc(NC23CC(C#N)(C2)C3)nc2n[nH]c(C)c12. The maximum absolute atomic E-state index is 9.29. The first-order valence-electron chi connectivity index (χ1n) is 10.5. The number of hydrogen-bond donors (Lipinski definition) is 2. The van der Waals surface area contributed by atoms with E-state index in [9.17, 15) is 5.26 Å². The molecule has 33 heavy (non-hydrogen) atoms. The molecule has 0 radical (unpaired) electrons. The Morgan fingerprint density at radius 1 is 1.27 bits per heavy atom. The van der Waals surface area contributed by atoms with E-state index in [0.29, 0.717) is 51.6 Å². The topological polar surface area (TPSA) is 133 Å². The second-order valence-corrected chi connectivity index (χ2v) is 8.96. The van der Waals surface area contributed by atoms with Crippen LogP contribution >= 0.6 is 11.6 Å². The summed E-state index contributed by atoms with van der Waals surface area (Å²) in [5.74, 6) is 1.42. The van der Waals surface area contributed by atoms with E-state index in [4.69, 9.17) is 26.3 Å². The fraction of sp³-hybridized carbons (Fsp3) is 0.348. The molecule has 2 N–H and O–H groups in total. The van der Waals surface area contributed by atoms with Crippen LogP contribution in [0, 0.1) is 35.0 Å². The number of aromatic amines is 1. The van der Waals surface area contributed by atoms with E-state index in [1.165, 1.54) is 6.08 Å². The number of aryl methyl sites for hydroxylation is 1. The van der Waals surface area contributed by atoms with Crippen LogP contribution < -0.4 is 14.8 Å². The molecule has 166 valence electrons. The van der Waals surface area contributed by atoms with Gasteiger partial charge >= 0.3 is 0 Å². The number of rotatable bonds is 7. The Morgan fingerprint density at radius 3 is 2.76 bits per heavy atom. The van der Waals surface area contributed by atoms with E-state index in [1.807, 2.05) is 19.9 Å². The first kappa shape index (κ1) is 21.0. The summed E-state index contributed by atoms with van der Waals surface area (Å²) in [4.78, 5) is 9.16. The van der Waals surface area contributed by atoms with Gasteiger partial charge in [-0.1, -0.05) is 11.6 Å². The van der Waals surface area contributed by atoms with Crippen molar-refractivity contribution in [1.82, 2.24) is 20.2 Å². The quantitative estimate of drug-likeness (QED) is 0.474. The van der Waals surface area contributed by atoms with Crippen LogP contribution in [0.4, 0.5) is 5.95 Å². The molecule has 2 aromatic heterocycles. The highest BCUT2D eigenvalue weighted by Crippen LogP contribution is 2.67. The number of H-pyrrole nitrogens is 1. The molecule has 3 aliphatic rings. The molecule has 1 aromatic carbocycles. The van der Waals surface area contributed by atoms with Crippen molar-refractivity contribution in [3.63, 3.8) is 0 Å². The average molecular weight is 462 g/mol. The molecule has 9 nitrogen and oxygen atoms in total. The minimum absolute atomic E-state index is 0.144. The smallest absolute Gasteiger partial charge is 0.235 e. The zero-order valence-electron chi connectivity index (χ0n) is 18.1. The van der Waals surface area contributed by atoms with Gasteiger partial charge in [0.25, 0.3) is 0 Å². The third-order valence-electron chi connectivity index (χ3n) is 6.09. The number of fused-ring (bicyclic) bond motifs is 1. The number of anilines is 1. The molecule has 3 aliphatic carbocycles. The average Bonchev–Trinajstić information content (AvgIpc) is 3.11. The molecule has 0 saturated heterocycles. The van der Waals surface area contributed by atoms with Crippen LogP contribution in [0.5, 0.6) is 17.4 Å². The minimum atomic E-state index is -0.193. The highest BCUT2D eigenvalue weighted by atomic mass is 35.5. The summed E-state index contributed by atoms with van der Waals surface area (Å²) in [6, 6.07) is 7.80. The van der Waals surface area contributed by atoms with Crippen molar-refractivity contribution in [3.05, 3.63) is 34.5 Å². The maximum atomic E-state index is 9.29. The molecule has 0 aliphatic heterocycles. The number of ether oxygens (including phenoxy) is 2. The van der Waals surface area contributed by atoms with Gasteiger partial charge in [-0.05, 0) is 56.9 Å². The Balaban J connectivity index is 1.52. The van der Waals surface area contributed by atoms with Crippen molar-refractivity contribution in [2.75, 3.05) is 11.9 Å². The lowest BCUT2D eigenvalue weighted by atomic mass is 9.40. The Hall–Kier alpha value is -3.82. The van der Waals surface area contributed by atoms with E-state index in [0.717, 1.165) is 25.0 Å². The summed E-state index contributed by atoms with van der Waals surface area (Å²) in [5, 5.41) is 29.6. The summed E-state index contributed by atoms with van der Waals surface area (Å²) in [6.07, 6.45) is 5.36. The van der Waals surface area contributed by atoms with Gasteiger partial charge in [0.2, 0.25) is 11.8 Å². The van der Waals surface area contributed by atoms with Gasteiger partial charge in [0, 0.05) is 17.3 Å². The lowest BCUT2D eigenvalue weighted by molar-refractivity contribution is -0.0665. The van der Waals surface area contributed by atoms with Crippen LogP contribution in [0.1, 0.15) is 37.4 Å². The minimum Gasteiger partial charge on any atom is -0.490 e. The summed E-state index contributed by atoms with van der Waals surface area (Å²) in [6.45, 7) is 4.12. The third kappa shape index (κ3) is 3.51. The van der Waals surface area contributed by atoms with Gasteiger partial charge in [-0.15, -0.1) is 0 Å². The lowest BCUT2D eigenvalue weighted by Gasteiger charge is -2.66. The summed E-state index contributed by atoms with van der Waals surface area (Å²) < 4.78 is 12.0. The number of nitriles is 2. The zero-order valence-corrected chi connectivity index (χ0v) is 18.8. The molecular formula is C23H20ClN7O2. The van der Waals surface area contributed by atoms with Crippen LogP contribution in [0.25, 0.3) is 17.1 Å². The van der Waals surface area contributed by atoms with Crippen molar-refractivity contribution < 1.29 is 9.47 Å². The number of nitrogens with zero attached hydrogens (tertiary/aromatic N) is 5. The van der Waals surface area contributed by atoms with Crippen LogP contribution in [-0.2, 0) is 0 Å². The summed E-state index contributed by atoms with van der Waals surface area (Å²) in [5.41, 5.74) is 1.59. The normalized spacial score (nSPS) is 22.8. The summed E-state index contributed by atoms with van der Waals surface area (Å²) in [7, 11) is 0. The number of hydrogen-bond acceptors (Lipinski definition) is 8. The van der Waals surface area contributed by atoms with E-state index in [1.54, 1.807) is 18.2 Å². The molecule has 3 aromatic rings. The monoisotopic (exact) mass is 461 g/mol. The third-order valence-corrected chi connectivity index (χ3v) is 6.37. The van der Waals surface area contributed by atoms with Gasteiger partial charge in [0.05, 0.1) is 29.2 Å². The number of benzene rings is 1. The zero-order chi connectivity index (χ0) is 23.2. The molecule has 10 heteroatoms. The molecule has 0 spiro atoms. The Bertz CT molecular complexity index is 1360. The van der Waals surface area contributed by atoms with Crippen molar-refractivity contribution in [1.29, 1.82) is 10.5 Å². The molecule has 0 atom stereocenters. The predicted octanol–water partition coefficient (Wildman–Crippen LogP) is 4.90. The number of halogens is 1. The van der Waals surface area contributed by atoms with Crippen molar-refractivity contribution in [2.24, 2.45) is 5.41 Å². The van der Waals surface area contributed by atoms with Crippen LogP contribution in [0.15, 0.2) is 18.2 Å². The molecule has 0 amide bonds. The number of allylic oxidation sites excluding steroid dienone is 1. The van der Waals surface area contributed by atoms with Gasteiger partial charge in [-0.25, -0.2) is 0 Å². The molecule has 3 saturated carbocycles. The van der Waals surface area contributed by atoms with Crippen molar-refractivity contribution in [2.45, 2.75) is 38.6 Å². The highest BCUT2D eigenvalue weighted by Gasteiger charge is 2.69. The Labute approximate surface area is 195 Å². The largest absolute Gasteiger partial charge is 0.490 e. The van der Waals surface area contributed by atoms with Crippen molar-refractivity contribution >= 4 is 34.7 Å². The van der Waals surface area contributed by atoms with Crippen LogP contribution in [-0.4, -0.2) is 32.3 Å².